The molecule has 70 valence electrons. The highest BCUT2D eigenvalue weighted by atomic mass is 32.2. The van der Waals surface area contributed by atoms with E-state index in [0.717, 1.165) is 18.7 Å². The number of nitrogens with one attached hydrogen (secondary N) is 1. The van der Waals surface area contributed by atoms with Crippen molar-refractivity contribution in [3.05, 3.63) is 0 Å². The Hall–Kier alpha value is -0.180. The van der Waals surface area contributed by atoms with E-state index >= 15 is 0 Å². The van der Waals surface area contributed by atoms with Crippen molar-refractivity contribution in [3.63, 3.8) is 0 Å². The number of hydrogen-bond donors (Lipinski definition) is 1. The molecule has 1 fully saturated rings. The number of thioether (sulfide) groups is 1. The summed E-state index contributed by atoms with van der Waals surface area (Å²) in [6.07, 6.45) is 1.000. The van der Waals surface area contributed by atoms with Gasteiger partial charge in [0.1, 0.15) is 0 Å². The summed E-state index contributed by atoms with van der Waals surface area (Å²) in [5, 5.41) is 3.06. The van der Waals surface area contributed by atoms with Gasteiger partial charge in [-0.1, -0.05) is 20.8 Å². The molecule has 1 heterocycles. The molecule has 0 aromatic heterocycles. The highest BCUT2D eigenvalue weighted by Crippen LogP contribution is 2.26. The molecule has 1 aliphatic rings. The smallest absolute Gasteiger partial charge is 0.233 e. The van der Waals surface area contributed by atoms with Gasteiger partial charge in [-0.2, -0.15) is 0 Å². The summed E-state index contributed by atoms with van der Waals surface area (Å²) >= 11 is 1.79. The Bertz CT molecular complexity index is 174. The first-order valence-corrected chi connectivity index (χ1v) is 5.43. The predicted molar refractivity (Wildman–Crippen MR) is 53.3 cm³/mol. The zero-order chi connectivity index (χ0) is 9.19. The van der Waals surface area contributed by atoms with Gasteiger partial charge in [-0.15, -0.1) is 11.8 Å². The molecule has 0 aliphatic carbocycles. The normalized spacial score (nSPS) is 24.2. The standard InChI is InChI=1S/C9H17NOS/c1-9(2,3)6-12-7-4-5-10-8(7)11/h7H,4-6H2,1-3H3,(H,10,11). The lowest BCUT2D eigenvalue weighted by Crippen LogP contribution is -2.22. The van der Waals surface area contributed by atoms with Crippen molar-refractivity contribution < 1.29 is 4.79 Å². The first-order valence-electron chi connectivity index (χ1n) is 4.38. The van der Waals surface area contributed by atoms with Gasteiger partial charge in [-0.25, -0.2) is 0 Å². The zero-order valence-electron chi connectivity index (χ0n) is 8.02. The number of carbonyl (C=O) groups is 1. The van der Waals surface area contributed by atoms with Crippen LogP contribution < -0.4 is 5.32 Å². The lowest BCUT2D eigenvalue weighted by Gasteiger charge is -2.18. The second-order valence-corrected chi connectivity index (χ2v) is 5.63. The van der Waals surface area contributed by atoms with Gasteiger partial charge < -0.3 is 5.32 Å². The molecule has 0 spiro atoms. The van der Waals surface area contributed by atoms with Crippen molar-refractivity contribution in [2.24, 2.45) is 5.41 Å². The molecule has 0 aromatic carbocycles. The molecular formula is C9H17NOS. The average molecular weight is 187 g/mol. The van der Waals surface area contributed by atoms with Crippen molar-refractivity contribution >= 4 is 17.7 Å². The minimum Gasteiger partial charge on any atom is -0.355 e. The van der Waals surface area contributed by atoms with Gasteiger partial charge in [-0.05, 0) is 17.6 Å². The van der Waals surface area contributed by atoms with Gasteiger partial charge in [0.15, 0.2) is 0 Å². The third-order valence-electron chi connectivity index (χ3n) is 1.72. The number of hydrogen-bond acceptors (Lipinski definition) is 2. The third-order valence-corrected chi connectivity index (χ3v) is 3.60. The van der Waals surface area contributed by atoms with Crippen molar-refractivity contribution in [3.8, 4) is 0 Å². The maximum Gasteiger partial charge on any atom is 0.233 e. The van der Waals surface area contributed by atoms with Crippen LogP contribution in [0, 0.1) is 5.41 Å². The van der Waals surface area contributed by atoms with Crippen LogP contribution in [-0.4, -0.2) is 23.5 Å². The largest absolute Gasteiger partial charge is 0.355 e. The highest BCUT2D eigenvalue weighted by Gasteiger charge is 2.25. The molecule has 0 bridgehead atoms. The number of carbonyl (C=O) groups excluding carboxylic acids is 1. The average Bonchev–Trinajstić information content (AvgIpc) is 2.29. The van der Waals surface area contributed by atoms with E-state index in [1.54, 1.807) is 11.8 Å². The second-order valence-electron chi connectivity index (χ2n) is 4.44. The lowest BCUT2D eigenvalue weighted by atomic mass is 10.0. The van der Waals surface area contributed by atoms with Crippen LogP contribution in [0.4, 0.5) is 0 Å². The van der Waals surface area contributed by atoms with E-state index in [2.05, 4.69) is 26.1 Å². The molecule has 1 saturated heterocycles. The SMILES string of the molecule is CC(C)(C)CSC1CCNC1=O. The molecule has 1 unspecified atom stereocenters. The minimum atomic E-state index is 0.212. The first-order chi connectivity index (χ1) is 5.49. The maximum atomic E-state index is 11.2. The Labute approximate surface area is 78.5 Å². The fourth-order valence-corrected chi connectivity index (χ4v) is 2.30. The summed E-state index contributed by atoms with van der Waals surface area (Å²) in [6, 6.07) is 0. The van der Waals surface area contributed by atoms with E-state index < -0.39 is 0 Å². The lowest BCUT2D eigenvalue weighted by molar-refractivity contribution is -0.118. The Morgan fingerprint density at radius 3 is 2.67 bits per heavy atom. The van der Waals surface area contributed by atoms with Crippen molar-refractivity contribution in [2.75, 3.05) is 12.3 Å². The van der Waals surface area contributed by atoms with E-state index in [0.29, 0.717) is 5.41 Å². The second kappa shape index (κ2) is 3.69. The number of rotatable bonds is 2. The van der Waals surface area contributed by atoms with Crippen LogP contribution in [-0.2, 0) is 4.79 Å². The molecule has 3 heteroatoms. The summed E-state index contributed by atoms with van der Waals surface area (Å²) in [5.74, 6) is 1.29. The number of amides is 1. The van der Waals surface area contributed by atoms with Gasteiger partial charge in [0.25, 0.3) is 0 Å². The van der Waals surface area contributed by atoms with E-state index in [4.69, 9.17) is 0 Å². The highest BCUT2D eigenvalue weighted by molar-refractivity contribution is 8.00. The van der Waals surface area contributed by atoms with Crippen LogP contribution in [0.2, 0.25) is 0 Å². The van der Waals surface area contributed by atoms with Gasteiger partial charge in [0, 0.05) is 6.54 Å². The summed E-state index contributed by atoms with van der Waals surface area (Å²) in [6.45, 7) is 7.47. The monoisotopic (exact) mass is 187 g/mol. The third kappa shape index (κ3) is 3.05. The van der Waals surface area contributed by atoms with Crippen molar-refractivity contribution in [1.82, 2.24) is 5.32 Å². The van der Waals surface area contributed by atoms with Crippen LogP contribution >= 0.6 is 11.8 Å². The molecule has 2 nitrogen and oxygen atoms in total. The van der Waals surface area contributed by atoms with Crippen LogP contribution in [0.1, 0.15) is 27.2 Å². The zero-order valence-corrected chi connectivity index (χ0v) is 8.83. The maximum absolute atomic E-state index is 11.2. The summed E-state index contributed by atoms with van der Waals surface area (Å²) in [4.78, 5) is 11.2. The molecular weight excluding hydrogens is 170 g/mol. The quantitative estimate of drug-likeness (QED) is 0.712. The Morgan fingerprint density at radius 1 is 1.58 bits per heavy atom. The predicted octanol–water partition coefficient (Wildman–Crippen LogP) is 1.65. The van der Waals surface area contributed by atoms with Crippen LogP contribution in [0.25, 0.3) is 0 Å². The van der Waals surface area contributed by atoms with Gasteiger partial charge in [0.05, 0.1) is 5.25 Å². The minimum absolute atomic E-state index is 0.212. The van der Waals surface area contributed by atoms with E-state index in [1.165, 1.54) is 0 Å². The molecule has 1 rings (SSSR count). The molecule has 0 saturated carbocycles. The topological polar surface area (TPSA) is 29.1 Å². The van der Waals surface area contributed by atoms with Gasteiger partial charge >= 0.3 is 0 Å². The van der Waals surface area contributed by atoms with Gasteiger partial charge in [-0.3, -0.25) is 4.79 Å². The molecule has 12 heavy (non-hydrogen) atoms. The van der Waals surface area contributed by atoms with E-state index in [1.807, 2.05) is 0 Å². The fraction of sp³-hybridized carbons (Fsp3) is 0.889. The Morgan fingerprint density at radius 2 is 2.25 bits per heavy atom. The van der Waals surface area contributed by atoms with Crippen molar-refractivity contribution in [1.29, 1.82) is 0 Å². The van der Waals surface area contributed by atoms with Crippen molar-refractivity contribution in [2.45, 2.75) is 32.4 Å². The molecule has 1 atom stereocenters. The summed E-state index contributed by atoms with van der Waals surface area (Å²) < 4.78 is 0. The summed E-state index contributed by atoms with van der Waals surface area (Å²) in [7, 11) is 0. The molecule has 1 amide bonds. The van der Waals surface area contributed by atoms with Crippen LogP contribution in [0.3, 0.4) is 0 Å². The fourth-order valence-electron chi connectivity index (χ4n) is 1.08. The molecule has 1 aliphatic heterocycles. The van der Waals surface area contributed by atoms with E-state index in [-0.39, 0.29) is 11.2 Å². The van der Waals surface area contributed by atoms with Crippen LogP contribution in [0.15, 0.2) is 0 Å². The Balaban J connectivity index is 2.27. The summed E-state index contributed by atoms with van der Waals surface area (Å²) in [5.41, 5.74) is 0.327. The molecule has 1 N–H and O–H groups in total. The first kappa shape index (κ1) is 9.90. The Kier molecular flexibility index (Phi) is 3.04. The van der Waals surface area contributed by atoms with Crippen LogP contribution in [0.5, 0.6) is 0 Å². The molecule has 0 radical (unpaired) electrons. The van der Waals surface area contributed by atoms with E-state index in [9.17, 15) is 4.79 Å². The molecule has 0 aromatic rings. The van der Waals surface area contributed by atoms with Gasteiger partial charge in [0.2, 0.25) is 5.91 Å².